The minimum absolute atomic E-state index is 0.0496. The van der Waals surface area contributed by atoms with Gasteiger partial charge < -0.3 is 24.1 Å². The maximum atomic E-state index is 13.6. The van der Waals surface area contributed by atoms with Crippen molar-refractivity contribution in [1.82, 2.24) is 0 Å². The van der Waals surface area contributed by atoms with Gasteiger partial charge in [-0.25, -0.2) is 4.79 Å². The van der Waals surface area contributed by atoms with Gasteiger partial charge in [-0.1, -0.05) is 31.9 Å². The average molecular weight is 622 g/mol. The van der Waals surface area contributed by atoms with Gasteiger partial charge in [0.1, 0.15) is 23.7 Å². The second-order valence-electron chi connectivity index (χ2n) is 11.7. The molecule has 3 aliphatic rings. The van der Waals surface area contributed by atoms with Crippen LogP contribution in [0.1, 0.15) is 86.0 Å². The van der Waals surface area contributed by atoms with Crippen LogP contribution < -0.4 is 14.2 Å². The van der Waals surface area contributed by atoms with Crippen molar-refractivity contribution in [3.63, 3.8) is 0 Å². The molecule has 0 amide bonds. The molecule has 2 aliphatic carbocycles. The Balaban J connectivity index is 1.60. The zero-order valence-electron chi connectivity index (χ0n) is 22.9. The number of carbonyl (C=O) groups is 2. The SMILES string of the molecule is COc1c([C@@H](O)CC(C)C)ccc2c1C(=O)OCc1c(Br)c(C)c(Cl)c(OC(=O)[C@]3(C)C[C@@H]4CC[C@H]3C4)c1O2. The largest absolute Gasteiger partial charge is 0.495 e. The molecule has 0 radical (unpaired) electrons. The van der Waals surface area contributed by atoms with Gasteiger partial charge in [0.15, 0.2) is 11.5 Å². The standard InChI is InChI=1S/C30H34BrClO7/c1-14(2)10-20(33)18-8-9-21-22(25(18)36-5)28(34)37-13-19-23(31)15(3)24(32)27(26(19)38-21)39-29(35)30(4)12-16-6-7-17(30)11-16/h8-9,14,16-17,20,33H,6-7,10-13H2,1-5H3/t16-,17+,20+,30-/m1/s1. The van der Waals surface area contributed by atoms with E-state index in [4.69, 9.17) is 30.5 Å². The van der Waals surface area contributed by atoms with Gasteiger partial charge in [-0.2, -0.15) is 0 Å². The molecule has 1 N–H and O–H groups in total. The van der Waals surface area contributed by atoms with E-state index in [2.05, 4.69) is 15.9 Å². The fourth-order valence-electron chi connectivity index (χ4n) is 6.46. The van der Waals surface area contributed by atoms with Crippen molar-refractivity contribution in [3.8, 4) is 23.0 Å². The van der Waals surface area contributed by atoms with Gasteiger partial charge in [-0.15, -0.1) is 0 Å². The molecule has 2 fully saturated rings. The van der Waals surface area contributed by atoms with E-state index < -0.39 is 17.5 Å². The Kier molecular flexibility index (Phi) is 7.68. The lowest BCUT2D eigenvalue weighted by Crippen LogP contribution is -2.37. The van der Waals surface area contributed by atoms with Crippen molar-refractivity contribution >= 4 is 39.5 Å². The van der Waals surface area contributed by atoms with Crippen LogP contribution in [0, 0.1) is 30.1 Å². The summed E-state index contributed by atoms with van der Waals surface area (Å²) in [7, 11) is 1.43. The van der Waals surface area contributed by atoms with E-state index in [1.807, 2.05) is 20.8 Å². The molecule has 9 heteroatoms. The van der Waals surface area contributed by atoms with Crippen LogP contribution in [0.4, 0.5) is 0 Å². The third kappa shape index (κ3) is 4.82. The van der Waals surface area contributed by atoms with Crippen LogP contribution in [-0.4, -0.2) is 24.2 Å². The number of fused-ring (bicyclic) bond motifs is 4. The third-order valence-electron chi connectivity index (χ3n) is 8.59. The van der Waals surface area contributed by atoms with E-state index in [0.29, 0.717) is 33.5 Å². The zero-order chi connectivity index (χ0) is 28.2. The van der Waals surface area contributed by atoms with Crippen molar-refractivity contribution in [2.24, 2.45) is 23.2 Å². The highest BCUT2D eigenvalue weighted by Gasteiger charge is 2.53. The molecule has 5 rings (SSSR count). The number of rotatable bonds is 6. The van der Waals surface area contributed by atoms with Crippen molar-refractivity contribution in [2.45, 2.75) is 72.5 Å². The van der Waals surface area contributed by atoms with Gasteiger partial charge in [-0.3, -0.25) is 4.79 Å². The minimum Gasteiger partial charge on any atom is -0.495 e. The van der Waals surface area contributed by atoms with Crippen molar-refractivity contribution < 1.29 is 33.6 Å². The molecule has 4 atom stereocenters. The molecule has 1 aliphatic heterocycles. The van der Waals surface area contributed by atoms with Crippen molar-refractivity contribution in [1.29, 1.82) is 0 Å². The second kappa shape index (κ2) is 10.6. The van der Waals surface area contributed by atoms with Gasteiger partial charge in [0, 0.05) is 10.0 Å². The van der Waals surface area contributed by atoms with Crippen molar-refractivity contribution in [3.05, 3.63) is 43.9 Å². The normalized spacial score (nSPS) is 24.3. The number of benzene rings is 2. The summed E-state index contributed by atoms with van der Waals surface area (Å²) in [5.41, 5.74) is 1.07. The number of cyclic esters (lactones) is 1. The zero-order valence-corrected chi connectivity index (χ0v) is 25.2. The van der Waals surface area contributed by atoms with Crippen LogP contribution in [0.15, 0.2) is 16.6 Å². The molecule has 2 aromatic carbocycles. The maximum absolute atomic E-state index is 13.6. The predicted molar refractivity (Wildman–Crippen MR) is 150 cm³/mol. The molecule has 2 bridgehead atoms. The molecule has 7 nitrogen and oxygen atoms in total. The van der Waals surface area contributed by atoms with E-state index in [1.54, 1.807) is 19.1 Å². The summed E-state index contributed by atoms with van der Waals surface area (Å²) in [6, 6.07) is 3.27. The number of esters is 2. The lowest BCUT2D eigenvalue weighted by Gasteiger charge is -2.32. The highest BCUT2D eigenvalue weighted by Crippen LogP contribution is 2.57. The Morgan fingerprint density at radius 2 is 2.03 bits per heavy atom. The number of ether oxygens (including phenoxy) is 4. The Morgan fingerprint density at radius 1 is 1.28 bits per heavy atom. The second-order valence-corrected chi connectivity index (χ2v) is 12.8. The Morgan fingerprint density at radius 3 is 2.64 bits per heavy atom. The molecule has 0 aromatic heterocycles. The monoisotopic (exact) mass is 620 g/mol. The molecule has 0 spiro atoms. The first-order valence-corrected chi connectivity index (χ1v) is 14.6. The van der Waals surface area contributed by atoms with E-state index in [1.165, 1.54) is 7.11 Å². The molecule has 1 heterocycles. The smallest absolute Gasteiger partial charge is 0.346 e. The molecule has 0 unspecified atom stereocenters. The molecule has 0 saturated heterocycles. The molecule has 210 valence electrons. The summed E-state index contributed by atoms with van der Waals surface area (Å²) in [6.07, 6.45) is 3.65. The van der Waals surface area contributed by atoms with Gasteiger partial charge in [0.25, 0.3) is 0 Å². The summed E-state index contributed by atoms with van der Waals surface area (Å²) in [4.78, 5) is 26.9. The predicted octanol–water partition coefficient (Wildman–Crippen LogP) is 7.69. The van der Waals surface area contributed by atoms with E-state index in [0.717, 1.165) is 25.7 Å². The summed E-state index contributed by atoms with van der Waals surface area (Å²) < 4.78 is 24.4. The number of hydrogen-bond donors (Lipinski definition) is 1. The van der Waals surface area contributed by atoms with Gasteiger partial charge in [0.05, 0.1) is 29.2 Å². The first kappa shape index (κ1) is 28.2. The number of hydrogen-bond acceptors (Lipinski definition) is 7. The molecular formula is C30H34BrClO7. The first-order valence-electron chi connectivity index (χ1n) is 13.4. The molecular weight excluding hydrogens is 588 g/mol. The van der Waals surface area contributed by atoms with E-state index in [9.17, 15) is 14.7 Å². The fraction of sp³-hybridized carbons (Fsp3) is 0.533. The summed E-state index contributed by atoms with van der Waals surface area (Å²) >= 11 is 10.3. The van der Waals surface area contributed by atoms with E-state index in [-0.39, 0.29) is 58.0 Å². The molecule has 2 saturated carbocycles. The number of aliphatic hydroxyl groups excluding tert-OH is 1. The number of methoxy groups -OCH3 is 1. The van der Waals surface area contributed by atoms with Gasteiger partial charge in [-0.05, 0) is 90.9 Å². The van der Waals surface area contributed by atoms with Crippen molar-refractivity contribution in [2.75, 3.05) is 7.11 Å². The maximum Gasteiger partial charge on any atom is 0.346 e. The average Bonchev–Trinajstić information content (AvgIpc) is 3.48. The number of carbonyl (C=O) groups excluding carboxylic acids is 2. The summed E-state index contributed by atoms with van der Waals surface area (Å²) in [5.74, 6) is 0.704. The quantitative estimate of drug-likeness (QED) is 0.261. The number of halogens is 2. The van der Waals surface area contributed by atoms with E-state index >= 15 is 0 Å². The van der Waals surface area contributed by atoms with Crippen LogP contribution >= 0.6 is 27.5 Å². The Labute approximate surface area is 242 Å². The summed E-state index contributed by atoms with van der Waals surface area (Å²) in [5, 5.41) is 11.1. The third-order valence-corrected chi connectivity index (χ3v) is 10.1. The lowest BCUT2D eigenvalue weighted by atomic mass is 9.75. The number of aliphatic hydroxyl groups is 1. The van der Waals surface area contributed by atoms with Crippen LogP contribution in [0.2, 0.25) is 5.02 Å². The molecule has 2 aromatic rings. The van der Waals surface area contributed by atoms with Gasteiger partial charge >= 0.3 is 11.9 Å². The lowest BCUT2D eigenvalue weighted by molar-refractivity contribution is -0.148. The van der Waals surface area contributed by atoms with Gasteiger partial charge in [0.2, 0.25) is 0 Å². The highest BCUT2D eigenvalue weighted by molar-refractivity contribution is 9.10. The minimum atomic E-state index is -0.846. The van der Waals surface area contributed by atoms with Crippen LogP contribution in [0.3, 0.4) is 0 Å². The Bertz CT molecular complexity index is 1340. The summed E-state index contributed by atoms with van der Waals surface area (Å²) in [6.45, 7) is 7.63. The van der Waals surface area contributed by atoms with Crippen LogP contribution in [0.25, 0.3) is 0 Å². The van der Waals surface area contributed by atoms with Crippen LogP contribution in [0.5, 0.6) is 23.0 Å². The molecule has 39 heavy (non-hydrogen) atoms. The fourth-order valence-corrected chi connectivity index (χ4v) is 7.28. The topological polar surface area (TPSA) is 91.3 Å². The van der Waals surface area contributed by atoms with Crippen LogP contribution in [-0.2, 0) is 16.1 Å². The Hall–Kier alpha value is -2.29. The highest BCUT2D eigenvalue weighted by atomic mass is 79.9. The first-order chi connectivity index (χ1) is 18.5.